The summed E-state index contributed by atoms with van der Waals surface area (Å²) in [5.74, 6) is 0.345. The minimum atomic E-state index is -3.99. The average molecular weight is 351 g/mol. The van der Waals surface area contributed by atoms with E-state index in [4.69, 9.17) is 10.5 Å². The van der Waals surface area contributed by atoms with Crippen molar-refractivity contribution in [1.29, 1.82) is 0 Å². The lowest BCUT2D eigenvalue weighted by molar-refractivity contribution is -0.383. The van der Waals surface area contributed by atoms with Gasteiger partial charge in [-0.25, -0.2) is 8.42 Å². The molecule has 0 unspecified atom stereocenters. The Morgan fingerprint density at radius 1 is 1.21 bits per heavy atom. The molecule has 3 N–H and O–H groups in total. The van der Waals surface area contributed by atoms with E-state index in [1.807, 2.05) is 6.92 Å². The highest BCUT2D eigenvalue weighted by molar-refractivity contribution is 7.92. The van der Waals surface area contributed by atoms with Gasteiger partial charge in [0.15, 0.2) is 0 Å². The molecular weight excluding hydrogens is 334 g/mol. The lowest BCUT2D eigenvalue weighted by Crippen LogP contribution is -2.14. The number of anilines is 2. The third kappa shape index (κ3) is 4.13. The van der Waals surface area contributed by atoms with Crippen LogP contribution in [-0.2, 0) is 10.0 Å². The quantitative estimate of drug-likeness (QED) is 0.449. The van der Waals surface area contributed by atoms with Crippen LogP contribution in [0.15, 0.2) is 47.4 Å². The van der Waals surface area contributed by atoms with Crippen molar-refractivity contribution in [1.82, 2.24) is 0 Å². The topological polar surface area (TPSA) is 125 Å². The number of sulfonamides is 1. The fourth-order valence-electron chi connectivity index (χ4n) is 1.92. The van der Waals surface area contributed by atoms with Crippen molar-refractivity contribution in [2.45, 2.75) is 18.2 Å². The first kappa shape index (κ1) is 17.5. The fraction of sp³-hybridized carbons (Fsp3) is 0.200. The van der Waals surface area contributed by atoms with Gasteiger partial charge in [-0.3, -0.25) is 14.8 Å². The summed E-state index contributed by atoms with van der Waals surface area (Å²) in [7, 11) is -3.99. The zero-order valence-corrected chi connectivity index (χ0v) is 13.7. The normalized spacial score (nSPS) is 11.0. The molecule has 0 aliphatic heterocycles. The van der Waals surface area contributed by atoms with Crippen molar-refractivity contribution in [3.63, 3.8) is 0 Å². The molecule has 0 aliphatic rings. The van der Waals surface area contributed by atoms with Gasteiger partial charge >= 0.3 is 0 Å². The molecule has 2 rings (SSSR count). The predicted molar refractivity (Wildman–Crippen MR) is 90.5 cm³/mol. The van der Waals surface area contributed by atoms with Gasteiger partial charge in [0.1, 0.15) is 11.4 Å². The van der Waals surface area contributed by atoms with E-state index >= 15 is 0 Å². The van der Waals surface area contributed by atoms with Crippen molar-refractivity contribution in [3.8, 4) is 5.75 Å². The van der Waals surface area contributed by atoms with Crippen LogP contribution in [0.5, 0.6) is 5.75 Å². The molecule has 8 nitrogen and oxygen atoms in total. The highest BCUT2D eigenvalue weighted by Crippen LogP contribution is 2.31. The first-order valence-electron chi connectivity index (χ1n) is 7.13. The lowest BCUT2D eigenvalue weighted by Gasteiger charge is -2.11. The van der Waals surface area contributed by atoms with Crippen molar-refractivity contribution in [3.05, 3.63) is 52.6 Å². The summed E-state index contributed by atoms with van der Waals surface area (Å²) in [6.45, 7) is 2.33. The van der Waals surface area contributed by atoms with Gasteiger partial charge in [-0.15, -0.1) is 0 Å². The van der Waals surface area contributed by atoms with Crippen LogP contribution in [0.2, 0.25) is 0 Å². The molecule has 128 valence electrons. The third-order valence-corrected chi connectivity index (χ3v) is 4.45. The van der Waals surface area contributed by atoms with Gasteiger partial charge in [0.05, 0.1) is 16.4 Å². The molecule has 0 saturated carbocycles. The zero-order valence-electron chi connectivity index (χ0n) is 12.9. The highest BCUT2D eigenvalue weighted by atomic mass is 32.2. The molecule has 0 spiro atoms. The summed E-state index contributed by atoms with van der Waals surface area (Å²) in [4.78, 5) is 10.4. The lowest BCUT2D eigenvalue weighted by atomic mass is 10.2. The maximum Gasteiger partial charge on any atom is 0.293 e. The number of nitrogen functional groups attached to an aromatic ring is 1. The number of nitrogens with two attached hydrogens (primary N) is 1. The monoisotopic (exact) mass is 351 g/mol. The molecule has 0 bridgehead atoms. The number of ether oxygens (including phenoxy) is 1. The van der Waals surface area contributed by atoms with Gasteiger partial charge in [-0.1, -0.05) is 6.92 Å². The van der Waals surface area contributed by atoms with Crippen LogP contribution in [0.1, 0.15) is 13.3 Å². The maximum atomic E-state index is 12.4. The van der Waals surface area contributed by atoms with Gasteiger partial charge in [-0.2, -0.15) is 0 Å². The van der Waals surface area contributed by atoms with Crippen molar-refractivity contribution < 1.29 is 18.1 Å². The Hall–Kier alpha value is -2.81. The number of hydrogen-bond acceptors (Lipinski definition) is 6. The Morgan fingerprint density at radius 3 is 2.46 bits per heavy atom. The minimum Gasteiger partial charge on any atom is -0.494 e. The molecule has 0 atom stereocenters. The van der Waals surface area contributed by atoms with Gasteiger partial charge in [-0.05, 0) is 36.8 Å². The molecule has 0 amide bonds. The van der Waals surface area contributed by atoms with Gasteiger partial charge in [0, 0.05) is 17.8 Å². The predicted octanol–water partition coefficient (Wildman–Crippen LogP) is 2.77. The van der Waals surface area contributed by atoms with Crippen LogP contribution >= 0.6 is 0 Å². The van der Waals surface area contributed by atoms with E-state index in [0.29, 0.717) is 18.0 Å². The van der Waals surface area contributed by atoms with E-state index in [1.54, 1.807) is 0 Å². The molecule has 0 aromatic heterocycles. The summed E-state index contributed by atoms with van der Waals surface area (Å²) in [5, 5.41) is 11.1. The first-order chi connectivity index (χ1) is 11.3. The molecule has 0 aliphatic carbocycles. The van der Waals surface area contributed by atoms with Crippen LogP contribution < -0.4 is 15.2 Å². The molecule has 0 fully saturated rings. The SMILES string of the molecule is CCCOc1ccc([N+](=O)[O-])c(NS(=O)(=O)c2ccc(N)cc2)c1. The summed E-state index contributed by atoms with van der Waals surface area (Å²) >= 11 is 0. The molecule has 0 saturated heterocycles. The molecule has 2 aromatic carbocycles. The number of benzene rings is 2. The maximum absolute atomic E-state index is 12.4. The molecule has 0 heterocycles. The van der Waals surface area contributed by atoms with Gasteiger partial charge in [0.25, 0.3) is 15.7 Å². The van der Waals surface area contributed by atoms with E-state index < -0.39 is 14.9 Å². The molecular formula is C15H17N3O5S. The van der Waals surface area contributed by atoms with Crippen LogP contribution in [0.25, 0.3) is 0 Å². The van der Waals surface area contributed by atoms with E-state index in [2.05, 4.69) is 4.72 Å². The average Bonchev–Trinajstić information content (AvgIpc) is 2.52. The summed E-state index contributed by atoms with van der Waals surface area (Å²) in [6, 6.07) is 9.43. The van der Waals surface area contributed by atoms with Crippen LogP contribution in [0, 0.1) is 10.1 Å². The van der Waals surface area contributed by atoms with Gasteiger partial charge in [0.2, 0.25) is 0 Å². The van der Waals surface area contributed by atoms with E-state index in [0.717, 1.165) is 6.42 Å². The second kappa shape index (κ2) is 7.18. The molecule has 24 heavy (non-hydrogen) atoms. The summed E-state index contributed by atoms with van der Waals surface area (Å²) in [5.41, 5.74) is 5.42. The number of nitro benzene ring substituents is 1. The Bertz CT molecular complexity index is 835. The van der Waals surface area contributed by atoms with Crippen LogP contribution in [0.3, 0.4) is 0 Å². The van der Waals surface area contributed by atoms with Gasteiger partial charge < -0.3 is 10.5 Å². The first-order valence-corrected chi connectivity index (χ1v) is 8.61. The number of nitrogens with zero attached hydrogens (tertiary/aromatic N) is 1. The van der Waals surface area contributed by atoms with Crippen molar-refractivity contribution in [2.24, 2.45) is 0 Å². The molecule has 0 radical (unpaired) electrons. The smallest absolute Gasteiger partial charge is 0.293 e. The fourth-order valence-corrected chi connectivity index (χ4v) is 2.98. The van der Waals surface area contributed by atoms with E-state index in [9.17, 15) is 18.5 Å². The van der Waals surface area contributed by atoms with Crippen molar-refractivity contribution >= 4 is 27.1 Å². The standard InChI is InChI=1S/C15H17N3O5S/c1-2-9-23-12-5-8-15(18(19)20)14(10-12)17-24(21,22)13-6-3-11(16)4-7-13/h3-8,10,17H,2,9,16H2,1H3. The summed E-state index contributed by atoms with van der Waals surface area (Å²) < 4.78 is 32.4. The van der Waals surface area contributed by atoms with E-state index in [1.165, 1.54) is 42.5 Å². The third-order valence-electron chi connectivity index (χ3n) is 3.07. The zero-order chi connectivity index (χ0) is 17.7. The Morgan fingerprint density at radius 2 is 1.88 bits per heavy atom. The highest BCUT2D eigenvalue weighted by Gasteiger charge is 2.21. The largest absolute Gasteiger partial charge is 0.494 e. The number of rotatable bonds is 7. The second-order valence-corrected chi connectivity index (χ2v) is 6.64. The Balaban J connectivity index is 2.38. The number of nitro groups is 1. The van der Waals surface area contributed by atoms with Crippen molar-refractivity contribution in [2.75, 3.05) is 17.1 Å². The summed E-state index contributed by atoms with van der Waals surface area (Å²) in [6.07, 6.45) is 0.753. The Labute approximate surface area is 139 Å². The van der Waals surface area contributed by atoms with Crippen LogP contribution in [0.4, 0.5) is 17.1 Å². The molecule has 2 aromatic rings. The Kier molecular flexibility index (Phi) is 5.24. The van der Waals surface area contributed by atoms with Crippen LogP contribution in [-0.4, -0.2) is 19.9 Å². The minimum absolute atomic E-state index is 0.0501. The second-order valence-electron chi connectivity index (χ2n) is 4.96. The molecule has 9 heteroatoms. The van der Waals surface area contributed by atoms with E-state index in [-0.39, 0.29) is 16.3 Å². The number of hydrogen-bond donors (Lipinski definition) is 2. The number of nitrogens with one attached hydrogen (secondary N) is 1.